The highest BCUT2D eigenvalue weighted by Gasteiger charge is 2.02. The van der Waals surface area contributed by atoms with E-state index in [4.69, 9.17) is 0 Å². The minimum absolute atomic E-state index is 0.902. The van der Waals surface area contributed by atoms with Crippen LogP contribution in [0.2, 0.25) is 0 Å². The molecular formula is C14H28. The average molecular weight is 196 g/mol. The van der Waals surface area contributed by atoms with Crippen molar-refractivity contribution in [2.45, 2.75) is 71.6 Å². The van der Waals surface area contributed by atoms with E-state index in [1.807, 2.05) is 0 Å². The van der Waals surface area contributed by atoms with Crippen molar-refractivity contribution in [3.63, 3.8) is 0 Å². The number of unbranched alkanes of at least 4 members (excludes halogenated alkanes) is 5. The lowest BCUT2D eigenvalue weighted by Crippen LogP contribution is -1.96. The molecule has 1 unspecified atom stereocenters. The van der Waals surface area contributed by atoms with Gasteiger partial charge in [-0.25, -0.2) is 0 Å². The van der Waals surface area contributed by atoms with E-state index in [1.165, 1.54) is 57.8 Å². The highest BCUT2D eigenvalue weighted by molar-refractivity contribution is 4.72. The lowest BCUT2D eigenvalue weighted by Gasteiger charge is -2.11. The van der Waals surface area contributed by atoms with E-state index in [9.17, 15) is 0 Å². The first-order valence-corrected chi connectivity index (χ1v) is 6.46. The summed E-state index contributed by atoms with van der Waals surface area (Å²) in [4.78, 5) is 0. The monoisotopic (exact) mass is 196 g/mol. The maximum absolute atomic E-state index is 3.82. The molecule has 0 aliphatic carbocycles. The topological polar surface area (TPSA) is 0 Å². The van der Waals surface area contributed by atoms with Crippen LogP contribution in [-0.4, -0.2) is 0 Å². The predicted octanol–water partition coefficient (Wildman–Crippen LogP) is 5.34. The minimum Gasteiger partial charge on any atom is -0.103 e. The molecule has 0 saturated carbocycles. The van der Waals surface area contributed by atoms with Crippen molar-refractivity contribution in [3.8, 4) is 0 Å². The first-order chi connectivity index (χ1) is 6.85. The van der Waals surface area contributed by atoms with Crippen molar-refractivity contribution in [1.29, 1.82) is 0 Å². The second kappa shape index (κ2) is 10.8. The Morgan fingerprint density at radius 3 is 2.21 bits per heavy atom. The van der Waals surface area contributed by atoms with Crippen molar-refractivity contribution in [1.82, 2.24) is 0 Å². The van der Waals surface area contributed by atoms with Gasteiger partial charge in [-0.2, -0.15) is 0 Å². The summed E-state index contributed by atoms with van der Waals surface area (Å²) in [7, 11) is 0. The van der Waals surface area contributed by atoms with Gasteiger partial charge in [0.2, 0.25) is 0 Å². The summed E-state index contributed by atoms with van der Waals surface area (Å²) in [6.45, 7) is 8.39. The number of hydrogen-bond acceptors (Lipinski definition) is 0. The van der Waals surface area contributed by atoms with E-state index in [0.717, 1.165) is 5.92 Å². The molecule has 0 spiro atoms. The molecule has 1 atom stereocenters. The lowest BCUT2D eigenvalue weighted by atomic mass is 9.95. The highest BCUT2D eigenvalue weighted by atomic mass is 14.1. The molecule has 0 aromatic carbocycles. The first-order valence-electron chi connectivity index (χ1n) is 6.46. The van der Waals surface area contributed by atoms with E-state index in [-0.39, 0.29) is 0 Å². The lowest BCUT2D eigenvalue weighted by molar-refractivity contribution is 0.443. The maximum Gasteiger partial charge on any atom is -0.0325 e. The third-order valence-corrected chi connectivity index (χ3v) is 3.04. The van der Waals surface area contributed by atoms with Crippen molar-refractivity contribution in [2.75, 3.05) is 0 Å². The molecular weight excluding hydrogens is 168 g/mol. The van der Waals surface area contributed by atoms with Crippen LogP contribution in [0.15, 0.2) is 12.7 Å². The number of rotatable bonds is 10. The Hall–Kier alpha value is -0.260. The van der Waals surface area contributed by atoms with E-state index in [1.54, 1.807) is 0 Å². The van der Waals surface area contributed by atoms with Crippen LogP contribution in [0.4, 0.5) is 0 Å². The fraction of sp³-hybridized carbons (Fsp3) is 0.857. The van der Waals surface area contributed by atoms with Gasteiger partial charge in [-0.05, 0) is 12.3 Å². The second-order valence-electron chi connectivity index (χ2n) is 4.36. The standard InChI is InChI=1S/C14H28/c1-4-7-8-9-10-11-13-14(6-3)12-5-2/h5,14H,2,4,6-13H2,1,3H3. The molecule has 0 aromatic rings. The first kappa shape index (κ1) is 13.7. The molecule has 0 N–H and O–H groups in total. The van der Waals surface area contributed by atoms with Crippen LogP contribution in [0, 0.1) is 5.92 Å². The van der Waals surface area contributed by atoms with Crippen LogP contribution in [0.1, 0.15) is 71.6 Å². The summed E-state index contributed by atoms with van der Waals surface area (Å²) in [5, 5.41) is 0. The average Bonchev–Trinajstić information content (AvgIpc) is 2.21. The third-order valence-electron chi connectivity index (χ3n) is 3.04. The molecule has 0 heteroatoms. The van der Waals surface area contributed by atoms with Gasteiger partial charge in [0.25, 0.3) is 0 Å². The van der Waals surface area contributed by atoms with Gasteiger partial charge in [0, 0.05) is 0 Å². The van der Waals surface area contributed by atoms with E-state index in [0.29, 0.717) is 0 Å². The Morgan fingerprint density at radius 1 is 1.00 bits per heavy atom. The fourth-order valence-electron chi connectivity index (χ4n) is 1.94. The molecule has 0 fully saturated rings. The second-order valence-corrected chi connectivity index (χ2v) is 4.36. The van der Waals surface area contributed by atoms with Gasteiger partial charge in [-0.1, -0.05) is 71.3 Å². The van der Waals surface area contributed by atoms with E-state index < -0.39 is 0 Å². The van der Waals surface area contributed by atoms with Crippen LogP contribution in [0.25, 0.3) is 0 Å². The minimum atomic E-state index is 0.902. The summed E-state index contributed by atoms with van der Waals surface area (Å²) in [6, 6.07) is 0. The Morgan fingerprint density at radius 2 is 1.64 bits per heavy atom. The summed E-state index contributed by atoms with van der Waals surface area (Å²) >= 11 is 0. The normalized spacial score (nSPS) is 12.7. The van der Waals surface area contributed by atoms with Gasteiger partial charge < -0.3 is 0 Å². The van der Waals surface area contributed by atoms with Gasteiger partial charge in [-0.15, -0.1) is 6.58 Å². The number of hydrogen-bond donors (Lipinski definition) is 0. The molecule has 0 heterocycles. The zero-order valence-electron chi connectivity index (χ0n) is 10.2. The van der Waals surface area contributed by atoms with E-state index in [2.05, 4.69) is 26.5 Å². The largest absolute Gasteiger partial charge is 0.103 e. The van der Waals surface area contributed by atoms with E-state index >= 15 is 0 Å². The third kappa shape index (κ3) is 8.34. The van der Waals surface area contributed by atoms with Gasteiger partial charge in [0.15, 0.2) is 0 Å². The Kier molecular flexibility index (Phi) is 10.6. The predicted molar refractivity (Wildman–Crippen MR) is 66.6 cm³/mol. The Bertz CT molecular complexity index is 115. The SMILES string of the molecule is C=CCC(CC)CCCCCCCC. The van der Waals surface area contributed by atoms with Crippen molar-refractivity contribution < 1.29 is 0 Å². The molecule has 0 amide bonds. The van der Waals surface area contributed by atoms with Crippen molar-refractivity contribution >= 4 is 0 Å². The van der Waals surface area contributed by atoms with Gasteiger partial charge in [-0.3, -0.25) is 0 Å². The smallest absolute Gasteiger partial charge is 0.0325 e. The maximum atomic E-state index is 3.82. The molecule has 0 aromatic heterocycles. The Labute approximate surface area is 90.8 Å². The fourth-order valence-corrected chi connectivity index (χ4v) is 1.94. The van der Waals surface area contributed by atoms with Crippen LogP contribution >= 0.6 is 0 Å². The molecule has 0 saturated heterocycles. The molecule has 84 valence electrons. The zero-order valence-corrected chi connectivity index (χ0v) is 10.2. The summed E-state index contributed by atoms with van der Waals surface area (Å²) < 4.78 is 0. The molecule has 0 radical (unpaired) electrons. The Balaban J connectivity index is 3.19. The molecule has 0 bridgehead atoms. The van der Waals surface area contributed by atoms with Crippen molar-refractivity contribution in [3.05, 3.63) is 12.7 Å². The van der Waals surface area contributed by atoms with Gasteiger partial charge >= 0.3 is 0 Å². The molecule has 14 heavy (non-hydrogen) atoms. The highest BCUT2D eigenvalue weighted by Crippen LogP contribution is 2.18. The molecule has 0 nitrogen and oxygen atoms in total. The summed E-state index contributed by atoms with van der Waals surface area (Å²) in [5.74, 6) is 0.902. The van der Waals surface area contributed by atoms with Crippen LogP contribution in [0.3, 0.4) is 0 Å². The molecule has 0 aliphatic heterocycles. The van der Waals surface area contributed by atoms with Crippen LogP contribution < -0.4 is 0 Å². The summed E-state index contributed by atoms with van der Waals surface area (Å²) in [5.41, 5.74) is 0. The quantitative estimate of drug-likeness (QED) is 0.327. The van der Waals surface area contributed by atoms with Crippen LogP contribution in [0.5, 0.6) is 0 Å². The van der Waals surface area contributed by atoms with Crippen LogP contribution in [-0.2, 0) is 0 Å². The van der Waals surface area contributed by atoms with Gasteiger partial charge in [0.1, 0.15) is 0 Å². The molecule has 0 aliphatic rings. The van der Waals surface area contributed by atoms with Gasteiger partial charge in [0.05, 0.1) is 0 Å². The number of allylic oxidation sites excluding steroid dienone is 1. The summed E-state index contributed by atoms with van der Waals surface area (Å²) in [6.07, 6.45) is 14.5. The van der Waals surface area contributed by atoms with Crippen molar-refractivity contribution in [2.24, 2.45) is 5.92 Å². The zero-order chi connectivity index (χ0) is 10.6. The molecule has 0 rings (SSSR count).